The number of likely N-dealkylation sites (N-methyl/N-ethyl adjacent to an activating group) is 1. The van der Waals surface area contributed by atoms with Gasteiger partial charge in [-0.05, 0) is 30.3 Å². The van der Waals surface area contributed by atoms with Gasteiger partial charge in [-0.3, -0.25) is 4.79 Å². The number of halogens is 1. The first-order valence-corrected chi connectivity index (χ1v) is 7.29. The lowest BCUT2D eigenvalue weighted by molar-refractivity contribution is -0.112. The highest BCUT2D eigenvalue weighted by molar-refractivity contribution is 9.10. The summed E-state index contributed by atoms with van der Waals surface area (Å²) in [6.07, 6.45) is 0. The standard InChI is InChI=1S/C16H11BrN2O3/c1-19-13-5-3-2-4-12(13)14(15(19)20)18-22-16(21)10-6-8-11(17)9-7-10/h2-9H,1H3/b18-14+. The van der Waals surface area contributed by atoms with Crippen molar-refractivity contribution in [1.82, 2.24) is 0 Å². The molecule has 6 heteroatoms. The zero-order chi connectivity index (χ0) is 15.7. The summed E-state index contributed by atoms with van der Waals surface area (Å²) in [7, 11) is 1.65. The van der Waals surface area contributed by atoms with Gasteiger partial charge in [0.05, 0.1) is 11.3 Å². The maximum atomic E-state index is 12.2. The Hall–Kier alpha value is -2.47. The fraction of sp³-hybridized carbons (Fsp3) is 0.0625. The molecule has 0 radical (unpaired) electrons. The lowest BCUT2D eigenvalue weighted by atomic mass is 10.1. The maximum Gasteiger partial charge on any atom is 0.365 e. The molecule has 0 N–H and O–H groups in total. The van der Waals surface area contributed by atoms with Crippen molar-refractivity contribution >= 4 is 39.2 Å². The van der Waals surface area contributed by atoms with E-state index in [1.807, 2.05) is 12.1 Å². The molecule has 1 heterocycles. The molecule has 0 aromatic heterocycles. The van der Waals surface area contributed by atoms with Gasteiger partial charge in [0.15, 0.2) is 5.71 Å². The van der Waals surface area contributed by atoms with Crippen LogP contribution in [0, 0.1) is 0 Å². The highest BCUT2D eigenvalue weighted by Crippen LogP contribution is 2.27. The molecule has 0 atom stereocenters. The molecule has 1 aliphatic heterocycles. The number of benzene rings is 2. The second-order valence-electron chi connectivity index (χ2n) is 4.71. The predicted molar refractivity (Wildman–Crippen MR) is 85.9 cm³/mol. The van der Waals surface area contributed by atoms with Gasteiger partial charge >= 0.3 is 5.97 Å². The van der Waals surface area contributed by atoms with Gasteiger partial charge in [-0.15, -0.1) is 0 Å². The fourth-order valence-corrected chi connectivity index (χ4v) is 2.43. The highest BCUT2D eigenvalue weighted by Gasteiger charge is 2.32. The van der Waals surface area contributed by atoms with Crippen LogP contribution in [-0.2, 0) is 9.63 Å². The first-order valence-electron chi connectivity index (χ1n) is 6.50. The van der Waals surface area contributed by atoms with Gasteiger partial charge in [0.1, 0.15) is 0 Å². The summed E-state index contributed by atoms with van der Waals surface area (Å²) in [6.45, 7) is 0. The van der Waals surface area contributed by atoms with Crippen molar-refractivity contribution < 1.29 is 14.4 Å². The summed E-state index contributed by atoms with van der Waals surface area (Å²) < 4.78 is 0.858. The van der Waals surface area contributed by atoms with Crippen LogP contribution in [0.15, 0.2) is 58.2 Å². The van der Waals surface area contributed by atoms with E-state index in [2.05, 4.69) is 21.1 Å². The Bertz CT molecular complexity index is 784. The van der Waals surface area contributed by atoms with E-state index in [1.54, 1.807) is 43.4 Å². The van der Waals surface area contributed by atoms with Crippen molar-refractivity contribution in [2.24, 2.45) is 5.16 Å². The molecular formula is C16H11BrN2O3. The third-order valence-electron chi connectivity index (χ3n) is 3.33. The minimum Gasteiger partial charge on any atom is -0.312 e. The largest absolute Gasteiger partial charge is 0.365 e. The smallest absolute Gasteiger partial charge is 0.312 e. The van der Waals surface area contributed by atoms with E-state index in [0.717, 1.165) is 10.2 Å². The average Bonchev–Trinajstić information content (AvgIpc) is 2.78. The quantitative estimate of drug-likeness (QED) is 0.612. The van der Waals surface area contributed by atoms with E-state index < -0.39 is 5.97 Å². The normalized spacial score (nSPS) is 15.1. The van der Waals surface area contributed by atoms with Crippen molar-refractivity contribution in [3.63, 3.8) is 0 Å². The number of carbonyl (C=O) groups excluding carboxylic acids is 2. The average molecular weight is 359 g/mol. The lowest BCUT2D eigenvalue weighted by Crippen LogP contribution is -2.25. The van der Waals surface area contributed by atoms with E-state index in [1.165, 1.54) is 4.90 Å². The minimum absolute atomic E-state index is 0.128. The van der Waals surface area contributed by atoms with E-state index in [9.17, 15) is 9.59 Å². The molecule has 0 spiro atoms. The molecular weight excluding hydrogens is 348 g/mol. The molecule has 2 aromatic rings. The van der Waals surface area contributed by atoms with Crippen LogP contribution >= 0.6 is 15.9 Å². The number of para-hydroxylation sites is 1. The van der Waals surface area contributed by atoms with Gasteiger partial charge in [-0.2, -0.15) is 0 Å². The van der Waals surface area contributed by atoms with Crippen LogP contribution in [0.4, 0.5) is 5.69 Å². The molecule has 0 unspecified atom stereocenters. The van der Waals surface area contributed by atoms with Crippen molar-refractivity contribution in [3.8, 4) is 0 Å². The summed E-state index contributed by atoms with van der Waals surface area (Å²) in [5, 5.41) is 3.76. The number of carbonyl (C=O) groups is 2. The molecule has 0 saturated carbocycles. The predicted octanol–water partition coefficient (Wildman–Crippen LogP) is 2.99. The fourth-order valence-electron chi connectivity index (χ4n) is 2.16. The van der Waals surface area contributed by atoms with Crippen molar-refractivity contribution in [2.75, 3.05) is 11.9 Å². The zero-order valence-corrected chi connectivity index (χ0v) is 13.2. The van der Waals surface area contributed by atoms with Crippen LogP contribution in [0.5, 0.6) is 0 Å². The molecule has 1 amide bonds. The van der Waals surface area contributed by atoms with Crippen LogP contribution in [0.25, 0.3) is 0 Å². The Morgan fingerprint density at radius 1 is 1.14 bits per heavy atom. The molecule has 0 saturated heterocycles. The number of rotatable bonds is 2. The molecule has 0 fully saturated rings. The number of amides is 1. The zero-order valence-electron chi connectivity index (χ0n) is 11.6. The summed E-state index contributed by atoms with van der Waals surface area (Å²) >= 11 is 3.29. The molecule has 1 aliphatic rings. The van der Waals surface area contributed by atoms with Crippen LogP contribution in [-0.4, -0.2) is 24.6 Å². The molecule has 22 heavy (non-hydrogen) atoms. The molecule has 3 rings (SSSR count). The van der Waals surface area contributed by atoms with Gasteiger partial charge in [0.2, 0.25) is 0 Å². The molecule has 2 aromatic carbocycles. The number of nitrogens with zero attached hydrogens (tertiary/aromatic N) is 2. The Morgan fingerprint density at radius 3 is 2.55 bits per heavy atom. The molecule has 0 bridgehead atoms. The number of oxime groups is 1. The molecule has 110 valence electrons. The first kappa shape index (κ1) is 14.5. The van der Waals surface area contributed by atoms with E-state index in [-0.39, 0.29) is 11.6 Å². The summed E-state index contributed by atoms with van der Waals surface area (Å²) in [5.74, 6) is -0.912. The second-order valence-corrected chi connectivity index (χ2v) is 5.62. The SMILES string of the molecule is CN1C(=O)/C(=N/OC(=O)c2ccc(Br)cc2)c2ccccc21. The number of anilines is 1. The van der Waals surface area contributed by atoms with Gasteiger partial charge < -0.3 is 9.74 Å². The molecule has 5 nitrogen and oxygen atoms in total. The van der Waals surface area contributed by atoms with E-state index in [4.69, 9.17) is 4.84 Å². The number of fused-ring (bicyclic) bond motifs is 1. The van der Waals surface area contributed by atoms with Crippen LogP contribution in [0.3, 0.4) is 0 Å². The van der Waals surface area contributed by atoms with Gasteiger partial charge in [0.25, 0.3) is 5.91 Å². The Labute approximate surface area is 135 Å². The van der Waals surface area contributed by atoms with Gasteiger partial charge in [-0.25, -0.2) is 4.79 Å². The van der Waals surface area contributed by atoms with Crippen LogP contribution in [0.1, 0.15) is 15.9 Å². The third kappa shape index (κ3) is 2.53. The molecule has 0 aliphatic carbocycles. The van der Waals surface area contributed by atoms with E-state index >= 15 is 0 Å². The summed E-state index contributed by atoms with van der Waals surface area (Å²) in [6, 6.07) is 13.9. The van der Waals surface area contributed by atoms with Gasteiger partial charge in [0, 0.05) is 17.1 Å². The Kier molecular flexibility index (Phi) is 3.77. The lowest BCUT2D eigenvalue weighted by Gasteiger charge is -2.07. The summed E-state index contributed by atoms with van der Waals surface area (Å²) in [4.78, 5) is 30.5. The van der Waals surface area contributed by atoms with Gasteiger partial charge in [-0.1, -0.05) is 39.3 Å². The maximum absolute atomic E-state index is 12.2. The third-order valence-corrected chi connectivity index (χ3v) is 3.86. The minimum atomic E-state index is -0.611. The Balaban J connectivity index is 1.85. The van der Waals surface area contributed by atoms with Crippen molar-refractivity contribution in [1.29, 1.82) is 0 Å². The number of hydrogen-bond donors (Lipinski definition) is 0. The van der Waals surface area contributed by atoms with E-state index in [0.29, 0.717) is 11.1 Å². The van der Waals surface area contributed by atoms with Crippen LogP contribution in [0.2, 0.25) is 0 Å². The second kappa shape index (κ2) is 5.73. The monoisotopic (exact) mass is 358 g/mol. The summed E-state index contributed by atoms with van der Waals surface area (Å²) in [5.41, 5.74) is 1.88. The highest BCUT2D eigenvalue weighted by atomic mass is 79.9. The van der Waals surface area contributed by atoms with Crippen molar-refractivity contribution in [2.45, 2.75) is 0 Å². The van der Waals surface area contributed by atoms with Crippen molar-refractivity contribution in [3.05, 3.63) is 64.1 Å². The number of hydrogen-bond acceptors (Lipinski definition) is 4. The topological polar surface area (TPSA) is 59.0 Å². The van der Waals surface area contributed by atoms with Crippen LogP contribution < -0.4 is 4.90 Å². The first-order chi connectivity index (χ1) is 10.6. The Morgan fingerprint density at radius 2 is 1.82 bits per heavy atom.